The summed E-state index contributed by atoms with van der Waals surface area (Å²) in [7, 11) is 2.05. The third-order valence-corrected chi connectivity index (χ3v) is 3.23. The van der Waals surface area contributed by atoms with Crippen molar-refractivity contribution in [2.24, 2.45) is 0 Å². The van der Waals surface area contributed by atoms with E-state index in [2.05, 4.69) is 16.9 Å². The second kappa shape index (κ2) is 4.16. The molecule has 0 aromatic carbocycles. The van der Waals surface area contributed by atoms with Crippen molar-refractivity contribution in [1.29, 1.82) is 0 Å². The van der Waals surface area contributed by atoms with Crippen LogP contribution in [0.25, 0.3) is 0 Å². The van der Waals surface area contributed by atoms with E-state index in [9.17, 15) is 4.79 Å². The van der Waals surface area contributed by atoms with Gasteiger partial charge in [0, 0.05) is 37.5 Å². The summed E-state index contributed by atoms with van der Waals surface area (Å²) in [5.74, 6) is 0.559. The van der Waals surface area contributed by atoms with Gasteiger partial charge in [-0.3, -0.25) is 4.79 Å². The molecule has 3 rings (SSSR count). The first-order chi connectivity index (χ1) is 7.77. The normalized spacial score (nSPS) is 21.9. The number of aromatic amines is 1. The predicted octanol–water partition coefficient (Wildman–Crippen LogP) is 2.54. The fourth-order valence-electron chi connectivity index (χ4n) is 2.48. The van der Waals surface area contributed by atoms with E-state index in [0.29, 0.717) is 5.92 Å². The van der Waals surface area contributed by atoms with Gasteiger partial charge in [0.25, 0.3) is 0 Å². The van der Waals surface area contributed by atoms with Crippen LogP contribution < -0.4 is 0 Å². The van der Waals surface area contributed by atoms with E-state index in [1.54, 1.807) is 6.08 Å². The third-order valence-electron chi connectivity index (χ3n) is 3.23. The molecular weight excluding hydrogens is 200 g/mol. The van der Waals surface area contributed by atoms with E-state index in [1.165, 1.54) is 11.3 Å². The van der Waals surface area contributed by atoms with Gasteiger partial charge >= 0.3 is 0 Å². The monoisotopic (exact) mass is 218 g/mol. The summed E-state index contributed by atoms with van der Waals surface area (Å²) in [5, 5.41) is 0. The van der Waals surface area contributed by atoms with Gasteiger partial charge < -0.3 is 9.88 Å². The number of carbonyl (C=O) groups is 1. The molecule has 0 amide bonds. The Morgan fingerprint density at radius 1 is 1.44 bits per heavy atom. The van der Waals surface area contributed by atoms with Gasteiger partial charge in [0.1, 0.15) is 0 Å². The predicted molar refractivity (Wildman–Crippen MR) is 64.5 cm³/mol. The summed E-state index contributed by atoms with van der Waals surface area (Å²) in [5.41, 5.74) is 3.15. The van der Waals surface area contributed by atoms with Gasteiger partial charge in [0.15, 0.2) is 0 Å². The highest BCUT2D eigenvalue weighted by Crippen LogP contribution is 2.40. The Balaban J connectivity index is 0.000000457. The van der Waals surface area contributed by atoms with Gasteiger partial charge in [0.2, 0.25) is 5.78 Å². The summed E-state index contributed by atoms with van der Waals surface area (Å²) in [6.45, 7) is 5.05. The molecule has 1 N–H and O–H groups in total. The van der Waals surface area contributed by atoms with E-state index >= 15 is 0 Å². The molecule has 0 bridgehead atoms. The molecule has 1 aliphatic heterocycles. The molecule has 0 saturated carbocycles. The van der Waals surface area contributed by atoms with Crippen molar-refractivity contribution in [2.45, 2.75) is 26.2 Å². The van der Waals surface area contributed by atoms with Crippen LogP contribution in [0.15, 0.2) is 24.0 Å². The minimum absolute atomic E-state index is 0.116. The van der Waals surface area contributed by atoms with Crippen LogP contribution in [0.4, 0.5) is 0 Å². The van der Waals surface area contributed by atoms with Gasteiger partial charge in [-0.25, -0.2) is 0 Å². The van der Waals surface area contributed by atoms with E-state index in [-0.39, 0.29) is 5.78 Å². The lowest BCUT2D eigenvalue weighted by atomic mass is 9.89. The first-order valence-electron chi connectivity index (χ1n) is 5.91. The van der Waals surface area contributed by atoms with Gasteiger partial charge in [-0.15, -0.1) is 0 Å². The zero-order valence-electron chi connectivity index (χ0n) is 10.1. The Morgan fingerprint density at radius 3 is 2.94 bits per heavy atom. The minimum atomic E-state index is 0.116. The summed E-state index contributed by atoms with van der Waals surface area (Å²) in [4.78, 5) is 16.9. The fourth-order valence-corrected chi connectivity index (χ4v) is 2.48. The molecule has 0 spiro atoms. The Hall–Kier alpha value is -1.51. The zero-order valence-corrected chi connectivity index (χ0v) is 10.1. The number of H-pyrrole nitrogens is 1. The molecule has 3 heteroatoms. The average Bonchev–Trinajstić information content (AvgIpc) is 2.90. The molecule has 1 aliphatic carbocycles. The van der Waals surface area contributed by atoms with E-state index in [4.69, 9.17) is 0 Å². The highest BCUT2D eigenvalue weighted by Gasteiger charge is 2.34. The number of carbonyl (C=O) groups excluding carboxylic acids is 1. The summed E-state index contributed by atoms with van der Waals surface area (Å²) >= 11 is 0. The fraction of sp³-hybridized carbons (Fsp3) is 0.462. The smallest absolute Gasteiger partial charge is 0.204 e. The number of nitrogens with one attached hydrogen (secondary N) is 1. The molecule has 1 fully saturated rings. The molecule has 1 atom stereocenters. The highest BCUT2D eigenvalue weighted by atomic mass is 16.1. The van der Waals surface area contributed by atoms with Crippen molar-refractivity contribution in [2.75, 3.05) is 13.6 Å². The van der Waals surface area contributed by atoms with Crippen LogP contribution >= 0.6 is 0 Å². The molecule has 1 saturated heterocycles. The maximum atomic E-state index is 11.7. The Labute approximate surface area is 96.2 Å². The SMILES string of the molecule is CC.CN1CCC2C1=CC(=O)c1[nH]ccc12. The summed E-state index contributed by atoms with van der Waals surface area (Å²) in [6, 6.07) is 2.03. The first kappa shape index (κ1) is 11.0. The third kappa shape index (κ3) is 1.47. The van der Waals surface area contributed by atoms with Gasteiger partial charge in [-0.05, 0) is 18.1 Å². The topological polar surface area (TPSA) is 36.1 Å². The zero-order chi connectivity index (χ0) is 11.7. The van der Waals surface area contributed by atoms with Crippen molar-refractivity contribution in [3.63, 3.8) is 0 Å². The second-order valence-electron chi connectivity index (χ2n) is 4.00. The number of likely N-dealkylation sites (N-methyl/N-ethyl adjacent to an activating group) is 1. The van der Waals surface area contributed by atoms with Crippen molar-refractivity contribution in [1.82, 2.24) is 9.88 Å². The van der Waals surface area contributed by atoms with E-state index in [1.807, 2.05) is 26.1 Å². The Kier molecular flexibility index (Phi) is 2.86. The Morgan fingerprint density at radius 2 is 2.19 bits per heavy atom. The molecule has 1 aromatic rings. The van der Waals surface area contributed by atoms with Gasteiger partial charge in [-0.2, -0.15) is 0 Å². The average molecular weight is 218 g/mol. The number of rotatable bonds is 0. The number of hydrogen-bond acceptors (Lipinski definition) is 2. The quantitative estimate of drug-likeness (QED) is 0.726. The lowest BCUT2D eigenvalue weighted by Gasteiger charge is -2.21. The molecule has 0 radical (unpaired) electrons. The molecule has 2 heterocycles. The van der Waals surface area contributed by atoms with Crippen LogP contribution in [0.5, 0.6) is 0 Å². The van der Waals surface area contributed by atoms with Crippen molar-refractivity contribution in [3.8, 4) is 0 Å². The van der Waals surface area contributed by atoms with Crippen molar-refractivity contribution in [3.05, 3.63) is 35.3 Å². The molecule has 2 aliphatic rings. The van der Waals surface area contributed by atoms with E-state index < -0.39 is 0 Å². The maximum absolute atomic E-state index is 11.7. The molecule has 1 unspecified atom stereocenters. The molecule has 3 nitrogen and oxygen atoms in total. The van der Waals surface area contributed by atoms with Crippen molar-refractivity contribution < 1.29 is 4.79 Å². The standard InChI is InChI=1S/C11H12N2O.C2H6/c1-13-5-3-7-8-2-4-12-11(8)10(14)6-9(7)13;1-2/h2,4,6-7,12H,3,5H2,1H3;1-2H3. The number of ketones is 1. The molecular formula is C13H18N2O. The first-order valence-corrected chi connectivity index (χ1v) is 5.91. The van der Waals surface area contributed by atoms with Crippen LogP contribution in [0.2, 0.25) is 0 Å². The van der Waals surface area contributed by atoms with Crippen LogP contribution in [-0.2, 0) is 0 Å². The number of fused-ring (bicyclic) bond motifs is 3. The number of allylic oxidation sites excluding steroid dienone is 2. The number of hydrogen-bond donors (Lipinski definition) is 1. The van der Waals surface area contributed by atoms with Gasteiger partial charge in [0.05, 0.1) is 5.69 Å². The Bertz CT molecular complexity index is 431. The second-order valence-corrected chi connectivity index (χ2v) is 4.00. The lowest BCUT2D eigenvalue weighted by Crippen LogP contribution is -2.18. The van der Waals surface area contributed by atoms with Crippen LogP contribution in [0.3, 0.4) is 0 Å². The minimum Gasteiger partial charge on any atom is -0.377 e. The van der Waals surface area contributed by atoms with Crippen LogP contribution in [-0.4, -0.2) is 29.3 Å². The number of nitrogens with zero attached hydrogens (tertiary/aromatic N) is 1. The number of likely N-dealkylation sites (tertiary alicyclic amines) is 1. The molecule has 86 valence electrons. The maximum Gasteiger partial charge on any atom is 0.204 e. The van der Waals surface area contributed by atoms with Crippen LogP contribution in [0, 0.1) is 0 Å². The lowest BCUT2D eigenvalue weighted by molar-refractivity contribution is 0.103. The molecule has 1 aromatic heterocycles. The summed E-state index contributed by atoms with van der Waals surface area (Å²) < 4.78 is 0. The number of aromatic nitrogens is 1. The van der Waals surface area contributed by atoms with E-state index in [0.717, 1.165) is 18.7 Å². The van der Waals surface area contributed by atoms with Gasteiger partial charge in [-0.1, -0.05) is 13.8 Å². The molecule has 16 heavy (non-hydrogen) atoms. The largest absolute Gasteiger partial charge is 0.377 e. The summed E-state index contributed by atoms with van der Waals surface area (Å²) in [6.07, 6.45) is 4.76. The van der Waals surface area contributed by atoms with Crippen molar-refractivity contribution >= 4 is 5.78 Å². The van der Waals surface area contributed by atoms with Crippen LogP contribution in [0.1, 0.15) is 42.2 Å². The highest BCUT2D eigenvalue weighted by molar-refractivity contribution is 6.06.